The lowest BCUT2D eigenvalue weighted by molar-refractivity contribution is 0.622. The molecule has 5 heteroatoms. The minimum atomic E-state index is -0.351. The van der Waals surface area contributed by atoms with Crippen molar-refractivity contribution in [3.8, 4) is 0 Å². The molecule has 0 unspecified atom stereocenters. The largest absolute Gasteiger partial charge is 0.324 e. The van der Waals surface area contributed by atoms with Crippen LogP contribution >= 0.6 is 0 Å². The molecule has 0 bridgehead atoms. The number of aryl methyl sites for hydroxylation is 1. The van der Waals surface area contributed by atoms with Gasteiger partial charge in [0.15, 0.2) is 0 Å². The van der Waals surface area contributed by atoms with Gasteiger partial charge >= 0.3 is 0 Å². The van der Waals surface area contributed by atoms with Crippen molar-refractivity contribution < 1.29 is 4.39 Å². The van der Waals surface area contributed by atoms with Crippen LogP contribution in [-0.2, 0) is 0 Å². The van der Waals surface area contributed by atoms with Gasteiger partial charge in [-0.3, -0.25) is 4.98 Å². The fourth-order valence-electron chi connectivity index (χ4n) is 1.85. The molecule has 0 amide bonds. The van der Waals surface area contributed by atoms with E-state index in [9.17, 15) is 4.39 Å². The smallest absolute Gasteiger partial charge is 0.207 e. The molecule has 0 spiro atoms. The van der Waals surface area contributed by atoms with Gasteiger partial charge in [-0.15, -0.1) is 0 Å². The van der Waals surface area contributed by atoms with Crippen molar-refractivity contribution in [2.75, 3.05) is 5.32 Å². The maximum atomic E-state index is 13.0. The fraction of sp³-hybridized carbons (Fsp3) is 0.333. The molecule has 2 aromatic heterocycles. The number of nitrogens with one attached hydrogen (secondary N) is 1. The normalized spacial score (nSPS) is 14.9. The van der Waals surface area contributed by atoms with Crippen molar-refractivity contribution >= 4 is 11.6 Å². The third-order valence-corrected chi connectivity index (χ3v) is 2.75. The fourth-order valence-corrected chi connectivity index (χ4v) is 1.85. The van der Waals surface area contributed by atoms with Crippen LogP contribution in [0.3, 0.4) is 0 Å². The lowest BCUT2D eigenvalue weighted by Crippen LogP contribution is -2.01. The standard InChI is InChI=1S/C12H13FN4/c1-8-7-17(11-2-3-11)12(15-8)16-10-4-9(13)5-14-6-10/h4-7,11H,2-3H2,1H3,(H,15,16). The van der Waals surface area contributed by atoms with E-state index in [2.05, 4.69) is 19.9 Å². The van der Waals surface area contributed by atoms with Crippen LogP contribution in [0.15, 0.2) is 24.7 Å². The minimum Gasteiger partial charge on any atom is -0.324 e. The summed E-state index contributed by atoms with van der Waals surface area (Å²) in [4.78, 5) is 8.20. The molecule has 0 aliphatic heterocycles. The van der Waals surface area contributed by atoms with Crippen molar-refractivity contribution in [1.82, 2.24) is 14.5 Å². The summed E-state index contributed by atoms with van der Waals surface area (Å²) in [6.07, 6.45) is 7.17. The van der Waals surface area contributed by atoms with E-state index in [0.717, 1.165) is 11.6 Å². The summed E-state index contributed by atoms with van der Waals surface area (Å²) in [5.41, 5.74) is 1.58. The molecule has 0 radical (unpaired) electrons. The van der Waals surface area contributed by atoms with Crippen LogP contribution in [0.1, 0.15) is 24.6 Å². The van der Waals surface area contributed by atoms with Crippen LogP contribution in [0, 0.1) is 12.7 Å². The second-order valence-electron chi connectivity index (χ2n) is 4.36. The van der Waals surface area contributed by atoms with Crippen molar-refractivity contribution in [2.24, 2.45) is 0 Å². The van der Waals surface area contributed by atoms with Crippen molar-refractivity contribution in [3.63, 3.8) is 0 Å². The zero-order valence-corrected chi connectivity index (χ0v) is 9.52. The Balaban J connectivity index is 1.89. The second-order valence-corrected chi connectivity index (χ2v) is 4.36. The lowest BCUT2D eigenvalue weighted by Gasteiger charge is -2.08. The SMILES string of the molecule is Cc1cn(C2CC2)c(Nc2cncc(F)c2)n1. The average Bonchev–Trinajstić information content (AvgIpc) is 3.04. The first-order valence-corrected chi connectivity index (χ1v) is 5.65. The molecule has 0 aromatic carbocycles. The van der Waals surface area contributed by atoms with Crippen LogP contribution < -0.4 is 5.32 Å². The highest BCUT2D eigenvalue weighted by Gasteiger charge is 2.26. The second kappa shape index (κ2) is 3.84. The van der Waals surface area contributed by atoms with E-state index < -0.39 is 0 Å². The molecule has 17 heavy (non-hydrogen) atoms. The van der Waals surface area contributed by atoms with E-state index in [1.807, 2.05) is 13.1 Å². The van der Waals surface area contributed by atoms with Gasteiger partial charge in [0.05, 0.1) is 23.8 Å². The molecule has 1 aliphatic rings. The Morgan fingerprint density at radius 2 is 2.24 bits per heavy atom. The van der Waals surface area contributed by atoms with Crippen LogP contribution in [0.2, 0.25) is 0 Å². The van der Waals surface area contributed by atoms with Gasteiger partial charge in [-0.2, -0.15) is 0 Å². The Morgan fingerprint density at radius 1 is 1.41 bits per heavy atom. The molecular weight excluding hydrogens is 219 g/mol. The van der Waals surface area contributed by atoms with Crippen molar-refractivity contribution in [3.05, 3.63) is 36.2 Å². The molecule has 88 valence electrons. The molecule has 0 atom stereocenters. The Bertz CT molecular complexity index is 545. The molecule has 0 saturated heterocycles. The molecule has 1 aliphatic carbocycles. The van der Waals surface area contributed by atoms with Crippen molar-refractivity contribution in [1.29, 1.82) is 0 Å². The number of aromatic nitrogens is 3. The Kier molecular flexibility index (Phi) is 2.31. The Hall–Kier alpha value is -1.91. The number of pyridine rings is 1. The topological polar surface area (TPSA) is 42.7 Å². The van der Waals surface area contributed by atoms with Crippen LogP contribution in [0.4, 0.5) is 16.0 Å². The van der Waals surface area contributed by atoms with E-state index in [1.165, 1.54) is 25.1 Å². The zero-order chi connectivity index (χ0) is 11.8. The van der Waals surface area contributed by atoms with Gasteiger partial charge in [-0.1, -0.05) is 0 Å². The quantitative estimate of drug-likeness (QED) is 0.884. The Morgan fingerprint density at radius 3 is 2.94 bits per heavy atom. The first-order chi connectivity index (χ1) is 8.22. The number of hydrogen-bond acceptors (Lipinski definition) is 3. The third-order valence-electron chi connectivity index (χ3n) is 2.75. The van der Waals surface area contributed by atoms with Gasteiger partial charge < -0.3 is 9.88 Å². The number of anilines is 2. The van der Waals surface area contributed by atoms with E-state index in [0.29, 0.717) is 11.7 Å². The predicted octanol–water partition coefficient (Wildman–Crippen LogP) is 2.80. The summed E-state index contributed by atoms with van der Waals surface area (Å²) < 4.78 is 15.1. The molecule has 2 aromatic rings. The van der Waals surface area contributed by atoms with Gasteiger partial charge in [0.2, 0.25) is 5.95 Å². The maximum Gasteiger partial charge on any atom is 0.207 e. The number of nitrogens with zero attached hydrogens (tertiary/aromatic N) is 3. The minimum absolute atomic E-state index is 0.351. The predicted molar refractivity (Wildman–Crippen MR) is 62.7 cm³/mol. The van der Waals surface area contributed by atoms with Gasteiger partial charge in [-0.05, 0) is 19.8 Å². The highest BCUT2D eigenvalue weighted by Crippen LogP contribution is 2.37. The number of hydrogen-bond donors (Lipinski definition) is 1. The van der Waals surface area contributed by atoms with Crippen LogP contribution in [0.25, 0.3) is 0 Å². The van der Waals surface area contributed by atoms with Crippen LogP contribution in [0.5, 0.6) is 0 Å². The maximum absolute atomic E-state index is 13.0. The van der Waals surface area contributed by atoms with E-state index in [1.54, 1.807) is 6.20 Å². The molecular formula is C12H13FN4. The van der Waals surface area contributed by atoms with E-state index >= 15 is 0 Å². The van der Waals surface area contributed by atoms with Crippen molar-refractivity contribution in [2.45, 2.75) is 25.8 Å². The van der Waals surface area contributed by atoms with Gasteiger partial charge in [0.1, 0.15) is 5.82 Å². The first kappa shape index (κ1) is 10.3. The first-order valence-electron chi connectivity index (χ1n) is 5.65. The summed E-state index contributed by atoms with van der Waals surface area (Å²) >= 11 is 0. The molecule has 2 heterocycles. The summed E-state index contributed by atoms with van der Waals surface area (Å²) in [5.74, 6) is 0.411. The average molecular weight is 232 g/mol. The Labute approximate surface area is 98.5 Å². The molecule has 1 fully saturated rings. The van der Waals surface area contributed by atoms with Gasteiger partial charge in [0, 0.05) is 18.3 Å². The van der Waals surface area contributed by atoms with Gasteiger partial charge in [0.25, 0.3) is 0 Å². The molecule has 4 nitrogen and oxygen atoms in total. The lowest BCUT2D eigenvalue weighted by atomic mass is 10.4. The summed E-state index contributed by atoms with van der Waals surface area (Å²) in [5, 5.41) is 3.10. The highest BCUT2D eigenvalue weighted by atomic mass is 19.1. The summed E-state index contributed by atoms with van der Waals surface area (Å²) in [6, 6.07) is 1.95. The molecule has 1 N–H and O–H groups in total. The number of halogens is 1. The number of rotatable bonds is 3. The van der Waals surface area contributed by atoms with E-state index in [-0.39, 0.29) is 5.82 Å². The highest BCUT2D eigenvalue weighted by molar-refractivity contribution is 5.52. The molecule has 3 rings (SSSR count). The third kappa shape index (κ3) is 2.13. The monoisotopic (exact) mass is 232 g/mol. The van der Waals surface area contributed by atoms with Crippen LogP contribution in [-0.4, -0.2) is 14.5 Å². The number of imidazole rings is 1. The summed E-state index contributed by atoms with van der Waals surface area (Å²) in [6.45, 7) is 1.95. The van der Waals surface area contributed by atoms with E-state index in [4.69, 9.17) is 0 Å². The summed E-state index contributed by atoms with van der Waals surface area (Å²) in [7, 11) is 0. The zero-order valence-electron chi connectivity index (χ0n) is 9.52. The molecule has 1 saturated carbocycles. The van der Waals surface area contributed by atoms with Gasteiger partial charge in [-0.25, -0.2) is 9.37 Å².